The Balaban J connectivity index is 3.29. The van der Waals surface area contributed by atoms with Gasteiger partial charge in [-0.3, -0.25) is 10.6 Å². The Hall–Kier alpha value is -0.240. The highest BCUT2D eigenvalue weighted by Gasteiger charge is 2.04. The summed E-state index contributed by atoms with van der Waals surface area (Å²) in [5, 5.41) is 22.8. The van der Waals surface area contributed by atoms with E-state index in [1.54, 1.807) is 0 Å². The summed E-state index contributed by atoms with van der Waals surface area (Å²) in [6, 6.07) is 0. The van der Waals surface area contributed by atoms with E-state index < -0.39 is 0 Å². The van der Waals surface area contributed by atoms with E-state index in [1.165, 1.54) is 0 Å². The van der Waals surface area contributed by atoms with Crippen molar-refractivity contribution < 1.29 is 19.7 Å². The van der Waals surface area contributed by atoms with Crippen LogP contribution < -0.4 is 10.6 Å². The predicted molar refractivity (Wildman–Crippen MR) is 56.2 cm³/mol. The zero-order chi connectivity index (χ0) is 11.4. The van der Waals surface area contributed by atoms with Crippen molar-refractivity contribution in [2.75, 3.05) is 39.8 Å². The summed E-state index contributed by atoms with van der Waals surface area (Å²) in [6.07, 6.45) is 0.490. The number of hydrogen-bond donors (Lipinski definition) is 4. The lowest BCUT2D eigenvalue weighted by Crippen LogP contribution is -2.30. The Kier molecular flexibility index (Phi) is 11.6. The molecule has 0 amide bonds. The van der Waals surface area contributed by atoms with Crippen molar-refractivity contribution in [3.63, 3.8) is 0 Å². The van der Waals surface area contributed by atoms with E-state index in [4.69, 9.17) is 19.7 Å². The molecule has 6 heteroatoms. The maximum Gasteiger partial charge on any atom is 0.160 e. The van der Waals surface area contributed by atoms with Crippen LogP contribution in [0, 0.1) is 0 Å². The van der Waals surface area contributed by atoms with E-state index in [0.717, 1.165) is 6.42 Å². The van der Waals surface area contributed by atoms with Gasteiger partial charge in [0.15, 0.2) is 6.29 Å². The topological polar surface area (TPSA) is 83.0 Å². The van der Waals surface area contributed by atoms with Crippen molar-refractivity contribution in [2.24, 2.45) is 0 Å². The van der Waals surface area contributed by atoms with E-state index in [9.17, 15) is 0 Å². The van der Waals surface area contributed by atoms with Gasteiger partial charge in [-0.05, 0) is 6.42 Å². The average Bonchev–Trinajstić information content (AvgIpc) is 2.27. The van der Waals surface area contributed by atoms with Gasteiger partial charge in [0, 0.05) is 13.1 Å². The van der Waals surface area contributed by atoms with Crippen LogP contribution >= 0.6 is 0 Å². The van der Waals surface area contributed by atoms with Crippen LogP contribution in [0.15, 0.2) is 0 Å². The van der Waals surface area contributed by atoms with Gasteiger partial charge in [0.2, 0.25) is 0 Å². The van der Waals surface area contributed by atoms with Crippen LogP contribution in [0.3, 0.4) is 0 Å². The molecule has 4 N–H and O–H groups in total. The van der Waals surface area contributed by atoms with Gasteiger partial charge >= 0.3 is 0 Å². The van der Waals surface area contributed by atoms with Crippen LogP contribution in [0.4, 0.5) is 0 Å². The van der Waals surface area contributed by atoms with E-state index in [0.29, 0.717) is 26.6 Å². The Morgan fingerprint density at radius 3 is 1.80 bits per heavy atom. The van der Waals surface area contributed by atoms with Crippen LogP contribution in [-0.4, -0.2) is 56.3 Å². The van der Waals surface area contributed by atoms with E-state index in [2.05, 4.69) is 10.6 Å². The SMILES string of the molecule is CCC(OCNCCO)OCNCCO. The molecule has 0 fully saturated rings. The fourth-order valence-electron chi connectivity index (χ4n) is 0.890. The number of ether oxygens (including phenoxy) is 2. The van der Waals surface area contributed by atoms with Crippen molar-refractivity contribution in [2.45, 2.75) is 19.6 Å². The number of nitrogens with one attached hydrogen (secondary N) is 2. The van der Waals surface area contributed by atoms with E-state index in [1.807, 2.05) is 6.92 Å². The maximum atomic E-state index is 8.51. The maximum absolute atomic E-state index is 8.51. The molecule has 0 aliphatic carbocycles. The van der Waals surface area contributed by atoms with Gasteiger partial charge in [0.1, 0.15) is 0 Å². The first-order valence-corrected chi connectivity index (χ1v) is 5.21. The molecule has 15 heavy (non-hydrogen) atoms. The zero-order valence-corrected chi connectivity index (χ0v) is 9.24. The molecule has 92 valence electrons. The quantitative estimate of drug-likeness (QED) is 0.261. The van der Waals surface area contributed by atoms with Crippen LogP contribution in [0.5, 0.6) is 0 Å². The van der Waals surface area contributed by atoms with Gasteiger partial charge in [-0.2, -0.15) is 0 Å². The Morgan fingerprint density at radius 1 is 1.00 bits per heavy atom. The molecule has 6 nitrogen and oxygen atoms in total. The van der Waals surface area contributed by atoms with Gasteiger partial charge in [0.05, 0.1) is 26.7 Å². The van der Waals surface area contributed by atoms with Crippen molar-refractivity contribution in [3.05, 3.63) is 0 Å². The third-order valence-corrected chi connectivity index (χ3v) is 1.65. The second-order valence-electron chi connectivity index (χ2n) is 2.91. The van der Waals surface area contributed by atoms with Crippen molar-refractivity contribution >= 4 is 0 Å². The summed E-state index contributed by atoms with van der Waals surface area (Å²) in [4.78, 5) is 0. The van der Waals surface area contributed by atoms with Gasteiger partial charge in [-0.25, -0.2) is 0 Å². The minimum absolute atomic E-state index is 0.0963. The van der Waals surface area contributed by atoms with Crippen LogP contribution in [0.2, 0.25) is 0 Å². The second kappa shape index (κ2) is 11.8. The first-order valence-electron chi connectivity index (χ1n) is 5.21. The molecule has 0 spiro atoms. The Bertz CT molecular complexity index is 115. The molecular weight excluding hydrogens is 200 g/mol. The van der Waals surface area contributed by atoms with Gasteiger partial charge in [-0.15, -0.1) is 0 Å². The standard InChI is InChI=1S/C9H22N2O4/c1-2-9(14-7-10-3-5-12)15-8-11-4-6-13/h9-13H,2-8H2,1H3. The molecule has 0 aromatic rings. The number of aliphatic hydroxyl groups excluding tert-OH is 2. The molecule has 0 saturated heterocycles. The number of aliphatic hydroxyl groups is 2. The summed E-state index contributed by atoms with van der Waals surface area (Å²) >= 11 is 0. The molecule has 0 aromatic carbocycles. The summed E-state index contributed by atoms with van der Waals surface area (Å²) in [7, 11) is 0. The Labute approximate surface area is 90.6 Å². The van der Waals surface area contributed by atoms with Crippen LogP contribution in [-0.2, 0) is 9.47 Å². The molecule has 0 bridgehead atoms. The molecule has 0 radical (unpaired) electrons. The lowest BCUT2D eigenvalue weighted by molar-refractivity contribution is -0.152. The van der Waals surface area contributed by atoms with Gasteiger partial charge < -0.3 is 19.7 Å². The second-order valence-corrected chi connectivity index (χ2v) is 2.91. The van der Waals surface area contributed by atoms with Crippen LogP contribution in [0.1, 0.15) is 13.3 Å². The molecule has 0 atom stereocenters. The molecular formula is C9H22N2O4. The first kappa shape index (κ1) is 14.8. The molecule has 0 aliphatic heterocycles. The Morgan fingerprint density at radius 2 is 1.47 bits per heavy atom. The van der Waals surface area contributed by atoms with Gasteiger partial charge in [-0.1, -0.05) is 6.92 Å². The third kappa shape index (κ3) is 10.1. The molecule has 0 heterocycles. The number of hydrogen-bond acceptors (Lipinski definition) is 6. The first-order chi connectivity index (χ1) is 7.35. The highest BCUT2D eigenvalue weighted by atomic mass is 16.7. The number of rotatable bonds is 11. The zero-order valence-electron chi connectivity index (χ0n) is 9.24. The van der Waals surface area contributed by atoms with Crippen molar-refractivity contribution in [1.82, 2.24) is 10.6 Å². The lowest BCUT2D eigenvalue weighted by Gasteiger charge is -2.17. The molecule has 0 saturated carbocycles. The third-order valence-electron chi connectivity index (χ3n) is 1.65. The summed E-state index contributed by atoms with van der Waals surface area (Å²) in [6.45, 7) is 3.90. The minimum atomic E-state index is -0.262. The summed E-state index contributed by atoms with van der Waals surface area (Å²) in [5.74, 6) is 0. The highest BCUT2D eigenvalue weighted by molar-refractivity contribution is 4.42. The fourth-order valence-corrected chi connectivity index (χ4v) is 0.890. The van der Waals surface area contributed by atoms with E-state index >= 15 is 0 Å². The summed E-state index contributed by atoms with van der Waals surface area (Å²) < 4.78 is 10.7. The van der Waals surface area contributed by atoms with Gasteiger partial charge in [0.25, 0.3) is 0 Å². The monoisotopic (exact) mass is 222 g/mol. The average molecular weight is 222 g/mol. The molecule has 0 aliphatic rings. The molecule has 0 unspecified atom stereocenters. The highest BCUT2D eigenvalue weighted by Crippen LogP contribution is 1.97. The summed E-state index contributed by atoms with van der Waals surface area (Å²) in [5.41, 5.74) is 0. The van der Waals surface area contributed by atoms with E-state index in [-0.39, 0.29) is 19.5 Å². The molecule has 0 aromatic heterocycles. The minimum Gasteiger partial charge on any atom is -0.395 e. The van der Waals surface area contributed by atoms with Crippen molar-refractivity contribution in [1.29, 1.82) is 0 Å². The van der Waals surface area contributed by atoms with Crippen molar-refractivity contribution in [3.8, 4) is 0 Å². The fraction of sp³-hybridized carbons (Fsp3) is 1.00. The smallest absolute Gasteiger partial charge is 0.160 e. The largest absolute Gasteiger partial charge is 0.395 e. The lowest BCUT2D eigenvalue weighted by atomic mass is 10.5. The predicted octanol–water partition coefficient (Wildman–Crippen LogP) is -1.17. The van der Waals surface area contributed by atoms with Crippen LogP contribution in [0.25, 0.3) is 0 Å². The normalized spacial score (nSPS) is 11.2. The molecule has 0 rings (SSSR count).